The zero-order valence-electron chi connectivity index (χ0n) is 13.7. The summed E-state index contributed by atoms with van der Waals surface area (Å²) in [6.07, 6.45) is 4.12. The maximum Gasteiger partial charge on any atom is 0.282 e. The minimum Gasteiger partial charge on any atom is -0.389 e. The molecule has 7 heteroatoms. The van der Waals surface area contributed by atoms with Gasteiger partial charge in [0, 0.05) is 44.9 Å². The summed E-state index contributed by atoms with van der Waals surface area (Å²) in [4.78, 5) is 33.3. The van der Waals surface area contributed by atoms with Crippen LogP contribution in [-0.2, 0) is 17.6 Å². The van der Waals surface area contributed by atoms with Gasteiger partial charge in [0.1, 0.15) is 0 Å². The van der Waals surface area contributed by atoms with E-state index in [0.29, 0.717) is 24.5 Å². The third-order valence-electron chi connectivity index (χ3n) is 4.71. The zero-order valence-corrected chi connectivity index (χ0v) is 14.5. The number of aromatic nitrogens is 1. The Morgan fingerprint density at radius 3 is 2.61 bits per heavy atom. The van der Waals surface area contributed by atoms with Crippen LogP contribution in [0.15, 0.2) is 0 Å². The molecular formula is C16H23N3O3S. The normalized spacial score (nSPS) is 19.5. The number of thiazole rings is 1. The summed E-state index contributed by atoms with van der Waals surface area (Å²) in [5.74, 6) is -0.0323. The average molecular weight is 337 g/mol. The van der Waals surface area contributed by atoms with Crippen LogP contribution < -0.4 is 0 Å². The van der Waals surface area contributed by atoms with E-state index in [2.05, 4.69) is 4.98 Å². The predicted molar refractivity (Wildman–Crippen MR) is 87.5 cm³/mol. The fourth-order valence-corrected chi connectivity index (χ4v) is 4.17. The zero-order chi connectivity index (χ0) is 16.6. The van der Waals surface area contributed by atoms with Crippen molar-refractivity contribution in [3.05, 3.63) is 15.6 Å². The highest BCUT2D eigenvalue weighted by Crippen LogP contribution is 2.35. The van der Waals surface area contributed by atoms with Crippen LogP contribution in [0, 0.1) is 0 Å². The number of aliphatic hydroxyl groups is 1. The van der Waals surface area contributed by atoms with Gasteiger partial charge in [-0.3, -0.25) is 9.59 Å². The van der Waals surface area contributed by atoms with E-state index in [0.717, 1.165) is 36.3 Å². The minimum absolute atomic E-state index is 0.0342. The van der Waals surface area contributed by atoms with Crippen LogP contribution in [0.4, 0.5) is 0 Å². The summed E-state index contributed by atoms with van der Waals surface area (Å²) in [6.45, 7) is 1.25. The molecular weight excluding hydrogens is 314 g/mol. The van der Waals surface area contributed by atoms with Crippen LogP contribution in [0.1, 0.15) is 46.1 Å². The summed E-state index contributed by atoms with van der Waals surface area (Å²) in [6, 6.07) is 0. The van der Waals surface area contributed by atoms with Crippen molar-refractivity contribution in [2.75, 3.05) is 27.2 Å². The van der Waals surface area contributed by atoms with Crippen molar-refractivity contribution in [1.82, 2.24) is 14.8 Å². The Balaban J connectivity index is 1.63. The maximum atomic E-state index is 12.4. The molecule has 1 aromatic heterocycles. The molecule has 1 aliphatic carbocycles. The first-order valence-corrected chi connectivity index (χ1v) is 8.90. The molecule has 1 fully saturated rings. The second kappa shape index (κ2) is 6.20. The Bertz CT molecular complexity index is 597. The van der Waals surface area contributed by atoms with E-state index >= 15 is 0 Å². The molecule has 1 N–H and O–H groups in total. The molecule has 2 aliphatic rings. The van der Waals surface area contributed by atoms with Gasteiger partial charge < -0.3 is 14.9 Å². The molecule has 0 aromatic carbocycles. The smallest absolute Gasteiger partial charge is 0.282 e. The van der Waals surface area contributed by atoms with Crippen LogP contribution in [-0.4, -0.2) is 64.5 Å². The van der Waals surface area contributed by atoms with E-state index in [1.165, 1.54) is 16.2 Å². The number of hydrogen-bond donors (Lipinski definition) is 1. The summed E-state index contributed by atoms with van der Waals surface area (Å²) in [5.41, 5.74) is 0.176. The van der Waals surface area contributed by atoms with Gasteiger partial charge in [-0.15, -0.1) is 11.3 Å². The minimum atomic E-state index is -0.766. The third-order valence-corrected chi connectivity index (χ3v) is 5.86. The molecule has 1 aliphatic heterocycles. The third kappa shape index (κ3) is 3.40. The summed E-state index contributed by atoms with van der Waals surface area (Å²) in [5, 5.41) is 10.7. The fraction of sp³-hybridized carbons (Fsp3) is 0.688. The van der Waals surface area contributed by atoms with E-state index in [9.17, 15) is 14.7 Å². The van der Waals surface area contributed by atoms with Crippen LogP contribution in [0.25, 0.3) is 0 Å². The number of amides is 2. The number of carbonyl (C=O) groups is 2. The van der Waals surface area contributed by atoms with E-state index in [1.54, 1.807) is 14.1 Å². The lowest BCUT2D eigenvalue weighted by Crippen LogP contribution is -2.44. The van der Waals surface area contributed by atoms with Crippen LogP contribution in [0.2, 0.25) is 0 Å². The van der Waals surface area contributed by atoms with Gasteiger partial charge >= 0.3 is 0 Å². The SMILES string of the molecule is CN(C)C(=O)c1nc2c(s1)CCN(C(=O)CC1(O)CCC1)CC2. The lowest BCUT2D eigenvalue weighted by Gasteiger charge is -2.37. The van der Waals surface area contributed by atoms with Gasteiger partial charge in [-0.25, -0.2) is 4.98 Å². The first-order chi connectivity index (χ1) is 10.9. The molecule has 1 saturated carbocycles. The van der Waals surface area contributed by atoms with Gasteiger partial charge in [0.15, 0.2) is 5.01 Å². The molecule has 3 rings (SSSR count). The number of hydrogen-bond acceptors (Lipinski definition) is 5. The van der Waals surface area contributed by atoms with E-state index in [1.807, 2.05) is 4.90 Å². The monoisotopic (exact) mass is 337 g/mol. The van der Waals surface area contributed by atoms with E-state index in [-0.39, 0.29) is 18.2 Å². The summed E-state index contributed by atoms with van der Waals surface area (Å²) < 4.78 is 0. The fourth-order valence-electron chi connectivity index (χ4n) is 3.05. The molecule has 126 valence electrons. The van der Waals surface area contributed by atoms with Gasteiger partial charge in [0.25, 0.3) is 5.91 Å². The van der Waals surface area contributed by atoms with Gasteiger partial charge in [-0.1, -0.05) is 0 Å². The topological polar surface area (TPSA) is 73.7 Å². The van der Waals surface area contributed by atoms with Crippen molar-refractivity contribution in [1.29, 1.82) is 0 Å². The molecule has 0 bridgehead atoms. The van der Waals surface area contributed by atoms with Gasteiger partial charge in [-0.2, -0.15) is 0 Å². The standard InChI is InChI=1S/C16H23N3O3S/c1-18(2)15(21)14-17-11-4-8-19(9-5-12(11)23-14)13(20)10-16(22)6-3-7-16/h22H,3-10H2,1-2H3. The molecule has 0 spiro atoms. The van der Waals surface area contributed by atoms with Crippen LogP contribution in [0.5, 0.6) is 0 Å². The highest BCUT2D eigenvalue weighted by molar-refractivity contribution is 7.13. The largest absolute Gasteiger partial charge is 0.389 e. The lowest BCUT2D eigenvalue weighted by atomic mass is 9.77. The second-order valence-electron chi connectivity index (χ2n) is 6.72. The number of nitrogens with zero attached hydrogens (tertiary/aromatic N) is 3. The highest BCUT2D eigenvalue weighted by atomic mass is 32.1. The number of carbonyl (C=O) groups excluding carboxylic acids is 2. The second-order valence-corrected chi connectivity index (χ2v) is 7.81. The van der Waals surface area contributed by atoms with Crippen LogP contribution >= 0.6 is 11.3 Å². The average Bonchev–Trinajstić information content (AvgIpc) is 2.77. The van der Waals surface area contributed by atoms with Crippen molar-refractivity contribution in [2.45, 2.75) is 44.1 Å². The van der Waals surface area contributed by atoms with Crippen molar-refractivity contribution < 1.29 is 14.7 Å². The summed E-state index contributed by atoms with van der Waals surface area (Å²) >= 11 is 1.44. The molecule has 6 nitrogen and oxygen atoms in total. The maximum absolute atomic E-state index is 12.4. The summed E-state index contributed by atoms with van der Waals surface area (Å²) in [7, 11) is 3.45. The molecule has 2 amide bonds. The van der Waals surface area contributed by atoms with Gasteiger partial charge in [0.2, 0.25) is 5.91 Å². The van der Waals surface area contributed by atoms with Crippen molar-refractivity contribution in [3.8, 4) is 0 Å². The Morgan fingerprint density at radius 2 is 2.00 bits per heavy atom. The number of rotatable bonds is 3. The van der Waals surface area contributed by atoms with Crippen molar-refractivity contribution in [2.24, 2.45) is 0 Å². The molecule has 0 saturated heterocycles. The quantitative estimate of drug-likeness (QED) is 0.896. The molecule has 1 aromatic rings. The molecule has 23 heavy (non-hydrogen) atoms. The Kier molecular flexibility index (Phi) is 4.42. The van der Waals surface area contributed by atoms with E-state index < -0.39 is 5.60 Å². The van der Waals surface area contributed by atoms with E-state index in [4.69, 9.17) is 0 Å². The Labute approximate surface area is 140 Å². The Hall–Kier alpha value is -1.47. The van der Waals surface area contributed by atoms with Gasteiger partial charge in [0.05, 0.1) is 17.7 Å². The first kappa shape index (κ1) is 16.4. The lowest BCUT2D eigenvalue weighted by molar-refractivity contribution is -0.140. The van der Waals surface area contributed by atoms with Crippen molar-refractivity contribution >= 4 is 23.2 Å². The molecule has 0 atom stereocenters. The first-order valence-electron chi connectivity index (χ1n) is 8.08. The number of fused-ring (bicyclic) bond motifs is 1. The predicted octanol–water partition coefficient (Wildman–Crippen LogP) is 1.08. The Morgan fingerprint density at radius 1 is 1.30 bits per heavy atom. The highest BCUT2D eigenvalue weighted by Gasteiger charge is 2.38. The molecule has 2 heterocycles. The molecule has 0 radical (unpaired) electrons. The molecule has 0 unspecified atom stereocenters. The van der Waals surface area contributed by atoms with Gasteiger partial charge in [-0.05, 0) is 19.3 Å². The van der Waals surface area contributed by atoms with Crippen LogP contribution in [0.3, 0.4) is 0 Å². The van der Waals surface area contributed by atoms with Crippen molar-refractivity contribution in [3.63, 3.8) is 0 Å².